The fourth-order valence-corrected chi connectivity index (χ4v) is 2.21. The highest BCUT2D eigenvalue weighted by Gasteiger charge is 2.31. The first kappa shape index (κ1) is 14.4. The van der Waals surface area contributed by atoms with Gasteiger partial charge in [0.05, 0.1) is 13.7 Å². The van der Waals surface area contributed by atoms with E-state index >= 15 is 0 Å². The van der Waals surface area contributed by atoms with E-state index in [0.29, 0.717) is 12.3 Å². The topological polar surface area (TPSA) is 64.8 Å². The van der Waals surface area contributed by atoms with Crippen LogP contribution in [0, 0.1) is 5.92 Å². The SMILES string of the molecule is COCC1CCN(CCC(C)(N)C(=O)OC)C1. The second-order valence-corrected chi connectivity index (χ2v) is 5.07. The zero-order valence-electron chi connectivity index (χ0n) is 11.1. The number of hydrogen-bond acceptors (Lipinski definition) is 5. The van der Waals surface area contributed by atoms with Crippen LogP contribution in [0.2, 0.25) is 0 Å². The molecule has 5 heteroatoms. The molecule has 1 heterocycles. The van der Waals surface area contributed by atoms with Crippen molar-refractivity contribution < 1.29 is 14.3 Å². The van der Waals surface area contributed by atoms with Crippen molar-refractivity contribution >= 4 is 5.97 Å². The molecule has 0 aliphatic carbocycles. The Balaban J connectivity index is 2.30. The second kappa shape index (κ2) is 6.33. The smallest absolute Gasteiger partial charge is 0.325 e. The summed E-state index contributed by atoms with van der Waals surface area (Å²) in [4.78, 5) is 13.8. The summed E-state index contributed by atoms with van der Waals surface area (Å²) >= 11 is 0. The summed E-state index contributed by atoms with van der Waals surface area (Å²) in [6, 6.07) is 0. The van der Waals surface area contributed by atoms with Crippen LogP contribution < -0.4 is 5.73 Å². The maximum absolute atomic E-state index is 11.4. The van der Waals surface area contributed by atoms with Gasteiger partial charge in [0.2, 0.25) is 0 Å². The average Bonchev–Trinajstić information content (AvgIpc) is 2.74. The average molecular weight is 244 g/mol. The van der Waals surface area contributed by atoms with Gasteiger partial charge in [-0.25, -0.2) is 0 Å². The standard InChI is InChI=1S/C12H24N2O3/c1-12(13,11(15)17-3)5-7-14-6-4-10(8-14)9-16-2/h10H,4-9,13H2,1-3H3. The molecule has 1 saturated heterocycles. The number of hydrogen-bond donors (Lipinski definition) is 1. The molecule has 1 aliphatic heterocycles. The number of nitrogens with two attached hydrogens (primary N) is 1. The Kier molecular flexibility index (Phi) is 5.36. The number of esters is 1. The quantitative estimate of drug-likeness (QED) is 0.678. The number of carbonyl (C=O) groups excluding carboxylic acids is 1. The van der Waals surface area contributed by atoms with Crippen LogP contribution in [-0.4, -0.2) is 56.9 Å². The molecule has 0 bridgehead atoms. The molecule has 0 aromatic rings. The predicted octanol–water partition coefficient (Wildman–Crippen LogP) is 0.235. The molecular formula is C12H24N2O3. The van der Waals surface area contributed by atoms with E-state index in [1.54, 1.807) is 14.0 Å². The molecular weight excluding hydrogens is 220 g/mol. The lowest BCUT2D eigenvalue weighted by Gasteiger charge is -2.24. The van der Waals surface area contributed by atoms with Crippen molar-refractivity contribution in [1.29, 1.82) is 0 Å². The zero-order chi connectivity index (χ0) is 12.9. The Morgan fingerprint density at radius 2 is 2.24 bits per heavy atom. The molecule has 5 nitrogen and oxygen atoms in total. The van der Waals surface area contributed by atoms with E-state index in [2.05, 4.69) is 9.64 Å². The molecule has 0 amide bonds. The molecule has 0 saturated carbocycles. The van der Waals surface area contributed by atoms with E-state index < -0.39 is 5.54 Å². The van der Waals surface area contributed by atoms with Crippen molar-refractivity contribution in [2.75, 3.05) is 40.5 Å². The van der Waals surface area contributed by atoms with Crippen LogP contribution in [0.25, 0.3) is 0 Å². The van der Waals surface area contributed by atoms with E-state index in [0.717, 1.165) is 32.7 Å². The minimum Gasteiger partial charge on any atom is -0.468 e. The van der Waals surface area contributed by atoms with Crippen LogP contribution in [-0.2, 0) is 14.3 Å². The Morgan fingerprint density at radius 3 is 2.82 bits per heavy atom. The van der Waals surface area contributed by atoms with Crippen molar-refractivity contribution in [3.63, 3.8) is 0 Å². The van der Waals surface area contributed by atoms with Gasteiger partial charge in [0, 0.05) is 20.2 Å². The summed E-state index contributed by atoms with van der Waals surface area (Å²) in [5, 5.41) is 0. The highest BCUT2D eigenvalue weighted by atomic mass is 16.5. The van der Waals surface area contributed by atoms with Crippen LogP contribution in [0.4, 0.5) is 0 Å². The van der Waals surface area contributed by atoms with Gasteiger partial charge in [0.1, 0.15) is 5.54 Å². The highest BCUT2D eigenvalue weighted by Crippen LogP contribution is 2.18. The van der Waals surface area contributed by atoms with E-state index in [1.165, 1.54) is 7.11 Å². The van der Waals surface area contributed by atoms with Gasteiger partial charge in [0.15, 0.2) is 0 Å². The largest absolute Gasteiger partial charge is 0.468 e. The molecule has 0 aromatic carbocycles. The first-order valence-corrected chi connectivity index (χ1v) is 6.08. The lowest BCUT2D eigenvalue weighted by molar-refractivity contribution is -0.146. The van der Waals surface area contributed by atoms with Crippen LogP contribution in [0.1, 0.15) is 19.8 Å². The van der Waals surface area contributed by atoms with E-state index in [-0.39, 0.29) is 5.97 Å². The minimum absolute atomic E-state index is 0.342. The van der Waals surface area contributed by atoms with Gasteiger partial charge in [-0.3, -0.25) is 4.79 Å². The molecule has 1 rings (SSSR count). The monoisotopic (exact) mass is 244 g/mol. The molecule has 0 spiro atoms. The maximum Gasteiger partial charge on any atom is 0.325 e. The van der Waals surface area contributed by atoms with Gasteiger partial charge in [-0.2, -0.15) is 0 Å². The molecule has 2 atom stereocenters. The highest BCUT2D eigenvalue weighted by molar-refractivity contribution is 5.79. The number of nitrogens with zero attached hydrogens (tertiary/aromatic N) is 1. The van der Waals surface area contributed by atoms with Crippen molar-refractivity contribution in [2.24, 2.45) is 11.7 Å². The number of methoxy groups -OCH3 is 2. The zero-order valence-corrected chi connectivity index (χ0v) is 11.1. The maximum atomic E-state index is 11.4. The van der Waals surface area contributed by atoms with Crippen LogP contribution >= 0.6 is 0 Å². The molecule has 1 aliphatic rings. The molecule has 17 heavy (non-hydrogen) atoms. The first-order valence-electron chi connectivity index (χ1n) is 6.08. The normalized spacial score (nSPS) is 24.6. The molecule has 2 N–H and O–H groups in total. The third-order valence-electron chi connectivity index (χ3n) is 3.37. The van der Waals surface area contributed by atoms with Crippen molar-refractivity contribution in [3.8, 4) is 0 Å². The van der Waals surface area contributed by atoms with Crippen molar-refractivity contribution in [3.05, 3.63) is 0 Å². The van der Waals surface area contributed by atoms with Crippen molar-refractivity contribution in [2.45, 2.75) is 25.3 Å². The van der Waals surface area contributed by atoms with Crippen LogP contribution in [0.15, 0.2) is 0 Å². The van der Waals surface area contributed by atoms with E-state index in [9.17, 15) is 4.79 Å². The third kappa shape index (κ3) is 4.26. The Labute approximate surface area is 103 Å². The van der Waals surface area contributed by atoms with Crippen LogP contribution in [0.3, 0.4) is 0 Å². The predicted molar refractivity (Wildman–Crippen MR) is 65.6 cm³/mol. The molecule has 0 radical (unpaired) electrons. The van der Waals surface area contributed by atoms with E-state index in [1.807, 2.05) is 0 Å². The van der Waals surface area contributed by atoms with Gasteiger partial charge in [0.25, 0.3) is 0 Å². The van der Waals surface area contributed by atoms with Gasteiger partial charge >= 0.3 is 5.97 Å². The molecule has 2 unspecified atom stereocenters. The van der Waals surface area contributed by atoms with Crippen molar-refractivity contribution in [1.82, 2.24) is 4.90 Å². The fraction of sp³-hybridized carbons (Fsp3) is 0.917. The lowest BCUT2D eigenvalue weighted by atomic mass is 9.99. The number of carbonyl (C=O) groups is 1. The van der Waals surface area contributed by atoms with Gasteiger partial charge in [-0.1, -0.05) is 0 Å². The Hall–Kier alpha value is -0.650. The molecule has 1 fully saturated rings. The third-order valence-corrected chi connectivity index (χ3v) is 3.37. The van der Waals surface area contributed by atoms with Gasteiger partial charge in [-0.15, -0.1) is 0 Å². The van der Waals surface area contributed by atoms with Gasteiger partial charge < -0.3 is 20.1 Å². The summed E-state index contributed by atoms with van der Waals surface area (Å²) in [6.07, 6.45) is 1.78. The van der Waals surface area contributed by atoms with Crippen LogP contribution in [0.5, 0.6) is 0 Å². The summed E-state index contributed by atoms with van der Waals surface area (Å²) in [6.45, 7) is 5.47. The Bertz CT molecular complexity index is 256. The van der Waals surface area contributed by atoms with E-state index in [4.69, 9.17) is 10.5 Å². The summed E-state index contributed by atoms with van der Waals surface area (Å²) < 4.78 is 9.84. The summed E-state index contributed by atoms with van der Waals surface area (Å²) in [5.41, 5.74) is 5.04. The van der Waals surface area contributed by atoms with Gasteiger partial charge in [-0.05, 0) is 32.2 Å². The number of ether oxygens (including phenoxy) is 2. The summed E-state index contributed by atoms with van der Waals surface area (Å²) in [5.74, 6) is 0.271. The summed E-state index contributed by atoms with van der Waals surface area (Å²) in [7, 11) is 3.11. The molecule has 100 valence electrons. The molecule has 0 aromatic heterocycles. The number of rotatable bonds is 6. The Morgan fingerprint density at radius 1 is 1.53 bits per heavy atom. The second-order valence-electron chi connectivity index (χ2n) is 5.07. The lowest BCUT2D eigenvalue weighted by Crippen LogP contribution is -2.48. The fourth-order valence-electron chi connectivity index (χ4n) is 2.21. The first-order chi connectivity index (χ1) is 7.99. The number of likely N-dealkylation sites (tertiary alicyclic amines) is 1. The minimum atomic E-state index is -0.881.